The van der Waals surface area contributed by atoms with Crippen molar-refractivity contribution in [1.82, 2.24) is 4.98 Å². The first kappa shape index (κ1) is 11.3. The number of pyridine rings is 1. The SMILES string of the molecule is CC1CC(Nc2c(F)cc(N)c3cccnc23)C1. The van der Waals surface area contributed by atoms with Gasteiger partial charge in [-0.3, -0.25) is 4.98 Å². The highest BCUT2D eigenvalue weighted by molar-refractivity contribution is 5.98. The largest absolute Gasteiger partial charge is 0.398 e. The molecule has 0 atom stereocenters. The number of aromatic nitrogens is 1. The first-order valence-corrected chi connectivity index (χ1v) is 6.24. The number of nitrogens with two attached hydrogens (primary N) is 1. The number of benzene rings is 1. The predicted octanol–water partition coefficient (Wildman–Crippen LogP) is 3.17. The normalized spacial score (nSPS) is 22.8. The maximum atomic E-state index is 14.0. The molecule has 0 unspecified atom stereocenters. The summed E-state index contributed by atoms with van der Waals surface area (Å²) in [4.78, 5) is 4.25. The highest BCUT2D eigenvalue weighted by atomic mass is 19.1. The summed E-state index contributed by atoms with van der Waals surface area (Å²) in [5.74, 6) is 0.400. The third-order valence-corrected chi connectivity index (χ3v) is 3.60. The Labute approximate surface area is 105 Å². The fourth-order valence-corrected chi connectivity index (χ4v) is 2.60. The van der Waals surface area contributed by atoms with Crippen molar-refractivity contribution in [3.8, 4) is 0 Å². The molecule has 0 spiro atoms. The van der Waals surface area contributed by atoms with Gasteiger partial charge in [-0.15, -0.1) is 0 Å². The highest BCUT2D eigenvalue weighted by Crippen LogP contribution is 2.34. The van der Waals surface area contributed by atoms with Crippen LogP contribution in [-0.2, 0) is 0 Å². The quantitative estimate of drug-likeness (QED) is 0.799. The molecule has 1 aromatic heterocycles. The number of hydrogen-bond donors (Lipinski definition) is 2. The summed E-state index contributed by atoms with van der Waals surface area (Å²) in [6, 6.07) is 5.40. The molecule has 3 rings (SSSR count). The van der Waals surface area contributed by atoms with E-state index >= 15 is 0 Å². The Bertz CT molecular complexity index is 591. The number of nitrogens with zero attached hydrogens (tertiary/aromatic N) is 1. The van der Waals surface area contributed by atoms with Crippen molar-refractivity contribution in [2.24, 2.45) is 5.92 Å². The second-order valence-corrected chi connectivity index (χ2v) is 5.14. The van der Waals surface area contributed by atoms with Gasteiger partial charge in [-0.1, -0.05) is 6.92 Å². The van der Waals surface area contributed by atoms with Gasteiger partial charge in [-0.05, 0) is 37.0 Å². The zero-order valence-corrected chi connectivity index (χ0v) is 10.3. The Morgan fingerprint density at radius 1 is 1.44 bits per heavy atom. The maximum Gasteiger partial charge on any atom is 0.150 e. The van der Waals surface area contributed by atoms with E-state index in [1.165, 1.54) is 6.07 Å². The van der Waals surface area contributed by atoms with Crippen molar-refractivity contribution in [1.29, 1.82) is 0 Å². The van der Waals surface area contributed by atoms with Crippen LogP contribution in [0.3, 0.4) is 0 Å². The maximum absolute atomic E-state index is 14.0. The van der Waals surface area contributed by atoms with Gasteiger partial charge in [-0.2, -0.15) is 0 Å². The fraction of sp³-hybridized carbons (Fsp3) is 0.357. The summed E-state index contributed by atoms with van der Waals surface area (Å²) >= 11 is 0. The Hall–Kier alpha value is -1.84. The first-order chi connectivity index (χ1) is 8.65. The van der Waals surface area contributed by atoms with Crippen molar-refractivity contribution in [3.05, 3.63) is 30.2 Å². The van der Waals surface area contributed by atoms with Gasteiger partial charge >= 0.3 is 0 Å². The molecule has 94 valence electrons. The Morgan fingerprint density at radius 2 is 2.22 bits per heavy atom. The molecule has 0 bridgehead atoms. The second kappa shape index (κ2) is 4.12. The zero-order valence-electron chi connectivity index (χ0n) is 10.3. The molecule has 1 saturated carbocycles. The van der Waals surface area contributed by atoms with Gasteiger partial charge < -0.3 is 11.1 Å². The van der Waals surface area contributed by atoms with E-state index in [0.717, 1.165) is 24.1 Å². The number of halogens is 1. The van der Waals surface area contributed by atoms with E-state index in [1.807, 2.05) is 12.1 Å². The van der Waals surface area contributed by atoms with E-state index in [0.29, 0.717) is 22.9 Å². The van der Waals surface area contributed by atoms with Gasteiger partial charge in [0.05, 0.1) is 11.2 Å². The fourth-order valence-electron chi connectivity index (χ4n) is 2.60. The lowest BCUT2D eigenvalue weighted by atomic mass is 9.82. The molecule has 1 aliphatic carbocycles. The van der Waals surface area contributed by atoms with Crippen molar-refractivity contribution in [2.75, 3.05) is 11.1 Å². The average molecular weight is 245 g/mol. The predicted molar refractivity (Wildman–Crippen MR) is 71.9 cm³/mol. The van der Waals surface area contributed by atoms with Crippen LogP contribution in [0.2, 0.25) is 0 Å². The van der Waals surface area contributed by atoms with Crippen LogP contribution in [-0.4, -0.2) is 11.0 Å². The van der Waals surface area contributed by atoms with Crippen LogP contribution < -0.4 is 11.1 Å². The smallest absolute Gasteiger partial charge is 0.150 e. The minimum Gasteiger partial charge on any atom is -0.398 e. The summed E-state index contributed by atoms with van der Waals surface area (Å²) in [7, 11) is 0. The molecule has 0 saturated heterocycles. The van der Waals surface area contributed by atoms with Crippen LogP contribution in [0.5, 0.6) is 0 Å². The van der Waals surface area contributed by atoms with Gasteiger partial charge in [0.1, 0.15) is 0 Å². The van der Waals surface area contributed by atoms with E-state index in [-0.39, 0.29) is 5.82 Å². The monoisotopic (exact) mass is 245 g/mol. The lowest BCUT2D eigenvalue weighted by molar-refractivity contribution is 0.308. The third kappa shape index (κ3) is 1.78. The standard InChI is InChI=1S/C14H16FN3/c1-8-5-9(6-8)18-14-11(15)7-12(16)10-3-2-4-17-13(10)14/h2-4,7-9,18H,5-6,16H2,1H3. The molecule has 1 heterocycles. The second-order valence-electron chi connectivity index (χ2n) is 5.14. The van der Waals surface area contributed by atoms with Crippen LogP contribution >= 0.6 is 0 Å². The van der Waals surface area contributed by atoms with Crippen LogP contribution in [0.4, 0.5) is 15.8 Å². The molecular formula is C14H16FN3. The number of rotatable bonds is 2. The summed E-state index contributed by atoms with van der Waals surface area (Å²) < 4.78 is 14.0. The van der Waals surface area contributed by atoms with E-state index in [2.05, 4.69) is 17.2 Å². The summed E-state index contributed by atoms with van der Waals surface area (Å²) in [5.41, 5.74) is 7.35. The highest BCUT2D eigenvalue weighted by Gasteiger charge is 2.26. The molecule has 1 aliphatic rings. The Balaban J connectivity index is 2.04. The van der Waals surface area contributed by atoms with Gasteiger partial charge in [0.15, 0.2) is 5.82 Å². The molecular weight excluding hydrogens is 229 g/mol. The van der Waals surface area contributed by atoms with Crippen LogP contribution in [0.25, 0.3) is 10.9 Å². The first-order valence-electron chi connectivity index (χ1n) is 6.24. The van der Waals surface area contributed by atoms with E-state index in [9.17, 15) is 4.39 Å². The van der Waals surface area contributed by atoms with Gasteiger partial charge in [0.2, 0.25) is 0 Å². The lowest BCUT2D eigenvalue weighted by Crippen LogP contribution is -2.34. The third-order valence-electron chi connectivity index (χ3n) is 3.60. The van der Waals surface area contributed by atoms with Crippen LogP contribution in [0, 0.1) is 11.7 Å². The van der Waals surface area contributed by atoms with E-state index in [1.54, 1.807) is 6.20 Å². The number of hydrogen-bond acceptors (Lipinski definition) is 3. The average Bonchev–Trinajstić information content (AvgIpc) is 2.32. The number of anilines is 2. The molecule has 4 heteroatoms. The zero-order chi connectivity index (χ0) is 12.7. The topological polar surface area (TPSA) is 50.9 Å². The molecule has 2 aromatic rings. The summed E-state index contributed by atoms with van der Waals surface area (Å²) in [6.45, 7) is 2.20. The Kier molecular flexibility index (Phi) is 2.58. The number of nitrogen functional groups attached to an aromatic ring is 1. The van der Waals surface area contributed by atoms with E-state index < -0.39 is 0 Å². The van der Waals surface area contributed by atoms with Crippen molar-refractivity contribution in [3.63, 3.8) is 0 Å². The number of nitrogens with one attached hydrogen (secondary N) is 1. The van der Waals surface area contributed by atoms with Crippen LogP contribution in [0.15, 0.2) is 24.4 Å². The van der Waals surface area contributed by atoms with E-state index in [4.69, 9.17) is 5.73 Å². The molecule has 18 heavy (non-hydrogen) atoms. The Morgan fingerprint density at radius 3 is 2.94 bits per heavy atom. The molecule has 1 aromatic carbocycles. The number of fused-ring (bicyclic) bond motifs is 1. The van der Waals surface area contributed by atoms with Crippen molar-refractivity contribution in [2.45, 2.75) is 25.8 Å². The lowest BCUT2D eigenvalue weighted by Gasteiger charge is -2.34. The summed E-state index contributed by atoms with van der Waals surface area (Å²) in [5, 5.41) is 4.05. The molecule has 0 amide bonds. The molecule has 3 nitrogen and oxygen atoms in total. The van der Waals surface area contributed by atoms with Crippen LogP contribution in [0.1, 0.15) is 19.8 Å². The van der Waals surface area contributed by atoms with Gasteiger partial charge in [0.25, 0.3) is 0 Å². The van der Waals surface area contributed by atoms with Crippen molar-refractivity contribution < 1.29 is 4.39 Å². The molecule has 0 radical (unpaired) electrons. The minimum absolute atomic E-state index is 0.321. The molecule has 3 N–H and O–H groups in total. The molecule has 0 aliphatic heterocycles. The van der Waals surface area contributed by atoms with Gasteiger partial charge in [-0.25, -0.2) is 4.39 Å². The van der Waals surface area contributed by atoms with Gasteiger partial charge in [0, 0.05) is 23.3 Å². The minimum atomic E-state index is -0.321. The molecule has 1 fully saturated rings. The summed E-state index contributed by atoms with van der Waals surface area (Å²) in [6.07, 6.45) is 3.83. The van der Waals surface area contributed by atoms with Crippen molar-refractivity contribution >= 4 is 22.3 Å².